The number of nitrogens with one attached hydrogen (secondary N) is 1. The number of hydrogen-bond donors (Lipinski definition) is 1. The van der Waals surface area contributed by atoms with Crippen LogP contribution in [0.25, 0.3) is 6.08 Å². The molecule has 0 spiro atoms. The van der Waals surface area contributed by atoms with Crippen molar-refractivity contribution in [2.45, 2.75) is 52.5 Å². The van der Waals surface area contributed by atoms with Gasteiger partial charge in [-0.3, -0.25) is 4.79 Å². The van der Waals surface area contributed by atoms with Crippen LogP contribution in [-0.2, 0) is 15.7 Å². The maximum Gasteiger partial charge on any atom is 0.249 e. The van der Waals surface area contributed by atoms with Gasteiger partial charge in [-0.15, -0.1) is 0 Å². The molecule has 2 aromatic rings. The largest absolute Gasteiger partial charge is 0.496 e. The van der Waals surface area contributed by atoms with E-state index in [1.54, 1.807) is 13.2 Å². The van der Waals surface area contributed by atoms with Gasteiger partial charge in [-0.25, -0.2) is 4.68 Å². The van der Waals surface area contributed by atoms with Crippen molar-refractivity contribution >= 4 is 17.8 Å². The predicted molar refractivity (Wildman–Crippen MR) is 107 cm³/mol. The van der Waals surface area contributed by atoms with E-state index in [-0.39, 0.29) is 16.9 Å². The van der Waals surface area contributed by atoms with Gasteiger partial charge in [0.25, 0.3) is 0 Å². The van der Waals surface area contributed by atoms with Crippen LogP contribution in [-0.4, -0.2) is 22.8 Å². The Labute approximate surface area is 156 Å². The Balaban J connectivity index is 2.26. The summed E-state index contributed by atoms with van der Waals surface area (Å²) in [5.41, 5.74) is 1.46. The highest BCUT2D eigenvalue weighted by atomic mass is 16.5. The summed E-state index contributed by atoms with van der Waals surface area (Å²) in [6.45, 7) is 12.5. The van der Waals surface area contributed by atoms with Crippen molar-refractivity contribution in [2.24, 2.45) is 0 Å². The van der Waals surface area contributed by atoms with Gasteiger partial charge >= 0.3 is 0 Å². The second kappa shape index (κ2) is 7.36. The Hall–Kier alpha value is -2.56. The number of anilines is 1. The zero-order valence-electron chi connectivity index (χ0n) is 16.8. The molecule has 1 heterocycles. The molecule has 1 aromatic heterocycles. The summed E-state index contributed by atoms with van der Waals surface area (Å²) in [5, 5.41) is 7.66. The van der Waals surface area contributed by atoms with Crippen molar-refractivity contribution in [1.82, 2.24) is 9.78 Å². The van der Waals surface area contributed by atoms with E-state index >= 15 is 0 Å². The molecule has 0 radical (unpaired) electrons. The third-order valence-electron chi connectivity index (χ3n) is 3.92. The van der Waals surface area contributed by atoms with Gasteiger partial charge in [-0.1, -0.05) is 39.0 Å². The molecule has 0 atom stereocenters. The number of methoxy groups -OCH3 is 1. The van der Waals surface area contributed by atoms with E-state index in [9.17, 15) is 4.79 Å². The van der Waals surface area contributed by atoms with Crippen LogP contribution in [0.5, 0.6) is 5.75 Å². The van der Waals surface area contributed by atoms with E-state index in [2.05, 4.69) is 46.9 Å². The van der Waals surface area contributed by atoms with E-state index in [0.29, 0.717) is 5.82 Å². The molecule has 0 saturated heterocycles. The number of aromatic nitrogens is 2. The molecular formula is C21H29N3O2. The minimum atomic E-state index is -0.238. The van der Waals surface area contributed by atoms with Crippen LogP contribution in [0.4, 0.5) is 5.82 Å². The molecule has 0 aliphatic carbocycles. The number of ether oxygens (including phenoxy) is 1. The number of benzene rings is 1. The van der Waals surface area contributed by atoms with Crippen LogP contribution in [0.2, 0.25) is 0 Å². The average molecular weight is 355 g/mol. The first kappa shape index (κ1) is 19.8. The lowest BCUT2D eigenvalue weighted by Gasteiger charge is -2.22. The summed E-state index contributed by atoms with van der Waals surface area (Å²) in [4.78, 5) is 12.4. The lowest BCUT2D eigenvalue weighted by molar-refractivity contribution is -0.111. The Kier molecular flexibility index (Phi) is 5.59. The summed E-state index contributed by atoms with van der Waals surface area (Å²) in [6, 6.07) is 9.51. The zero-order valence-corrected chi connectivity index (χ0v) is 16.8. The summed E-state index contributed by atoms with van der Waals surface area (Å²) in [6.07, 6.45) is 3.26. The van der Waals surface area contributed by atoms with Gasteiger partial charge in [0.05, 0.1) is 18.3 Å². The van der Waals surface area contributed by atoms with Crippen molar-refractivity contribution < 1.29 is 9.53 Å². The Morgan fingerprint density at radius 1 is 1.15 bits per heavy atom. The molecule has 0 bridgehead atoms. The lowest BCUT2D eigenvalue weighted by atomic mass is 9.92. The SMILES string of the molecule is COc1ccccc1/C=C/C(=O)Nc1cc(C(C)(C)C)nn1C(C)(C)C. The van der Waals surface area contributed by atoms with E-state index in [0.717, 1.165) is 17.0 Å². The number of rotatable bonds is 4. The van der Waals surface area contributed by atoms with Gasteiger partial charge in [0.2, 0.25) is 5.91 Å². The highest BCUT2D eigenvalue weighted by molar-refractivity contribution is 6.01. The average Bonchev–Trinajstić information content (AvgIpc) is 2.97. The first-order valence-electron chi connectivity index (χ1n) is 8.75. The standard InChI is InChI=1S/C21H29N3O2/c1-20(2,3)17-14-18(24(23-17)21(4,5)6)22-19(25)13-12-15-10-8-9-11-16(15)26-7/h8-14H,1-7H3,(H,22,25)/b13-12+. The Morgan fingerprint density at radius 2 is 1.81 bits per heavy atom. The number of hydrogen-bond acceptors (Lipinski definition) is 3. The molecule has 140 valence electrons. The summed E-state index contributed by atoms with van der Waals surface area (Å²) in [7, 11) is 1.61. The van der Waals surface area contributed by atoms with Crippen LogP contribution in [0, 0.1) is 0 Å². The molecule has 1 N–H and O–H groups in total. The van der Waals surface area contributed by atoms with Crippen LogP contribution >= 0.6 is 0 Å². The molecule has 0 unspecified atom stereocenters. The van der Waals surface area contributed by atoms with Gasteiger partial charge in [0.1, 0.15) is 11.6 Å². The third-order valence-corrected chi connectivity index (χ3v) is 3.92. The highest BCUT2D eigenvalue weighted by Crippen LogP contribution is 2.28. The van der Waals surface area contributed by atoms with E-state index < -0.39 is 0 Å². The Morgan fingerprint density at radius 3 is 2.38 bits per heavy atom. The van der Waals surface area contributed by atoms with Crippen molar-refractivity contribution in [3.8, 4) is 5.75 Å². The fourth-order valence-corrected chi connectivity index (χ4v) is 2.49. The van der Waals surface area contributed by atoms with Crippen LogP contribution in [0.3, 0.4) is 0 Å². The molecule has 1 amide bonds. The van der Waals surface area contributed by atoms with Crippen LogP contribution < -0.4 is 10.1 Å². The number of nitrogens with zero attached hydrogens (tertiary/aromatic N) is 2. The molecule has 0 saturated carbocycles. The maximum atomic E-state index is 12.4. The molecule has 5 heteroatoms. The second-order valence-electron chi connectivity index (χ2n) is 8.31. The quantitative estimate of drug-likeness (QED) is 0.816. The topological polar surface area (TPSA) is 56.1 Å². The van der Waals surface area contributed by atoms with Gasteiger partial charge < -0.3 is 10.1 Å². The van der Waals surface area contributed by atoms with Crippen molar-refractivity contribution in [2.75, 3.05) is 12.4 Å². The predicted octanol–water partition coefficient (Wildman–Crippen LogP) is 4.60. The highest BCUT2D eigenvalue weighted by Gasteiger charge is 2.25. The first-order valence-corrected chi connectivity index (χ1v) is 8.75. The number of amides is 1. The number of carbonyl (C=O) groups excluding carboxylic acids is 1. The summed E-state index contributed by atoms with van der Waals surface area (Å²) < 4.78 is 7.17. The molecule has 0 fully saturated rings. The lowest BCUT2D eigenvalue weighted by Crippen LogP contribution is -2.27. The van der Waals surface area contributed by atoms with Crippen molar-refractivity contribution in [3.63, 3.8) is 0 Å². The monoisotopic (exact) mass is 355 g/mol. The first-order chi connectivity index (χ1) is 12.0. The fraction of sp³-hybridized carbons (Fsp3) is 0.429. The van der Waals surface area contributed by atoms with Crippen LogP contribution in [0.1, 0.15) is 52.8 Å². The fourth-order valence-electron chi connectivity index (χ4n) is 2.49. The van der Waals surface area contributed by atoms with Crippen molar-refractivity contribution in [1.29, 1.82) is 0 Å². The van der Waals surface area contributed by atoms with Gasteiger partial charge in [0, 0.05) is 23.1 Å². The van der Waals surface area contributed by atoms with Gasteiger partial charge in [-0.05, 0) is 32.9 Å². The second-order valence-corrected chi connectivity index (χ2v) is 8.31. The normalized spacial score (nSPS) is 12.4. The van der Waals surface area contributed by atoms with Gasteiger partial charge in [0.15, 0.2) is 0 Å². The number of para-hydroxylation sites is 1. The van der Waals surface area contributed by atoms with E-state index in [1.807, 2.05) is 35.0 Å². The van der Waals surface area contributed by atoms with E-state index in [4.69, 9.17) is 9.84 Å². The zero-order chi connectivity index (χ0) is 19.5. The molecule has 26 heavy (non-hydrogen) atoms. The summed E-state index contributed by atoms with van der Waals surface area (Å²) >= 11 is 0. The van der Waals surface area contributed by atoms with Gasteiger partial charge in [-0.2, -0.15) is 5.10 Å². The minimum Gasteiger partial charge on any atom is -0.496 e. The van der Waals surface area contributed by atoms with E-state index in [1.165, 1.54) is 6.08 Å². The third kappa shape index (κ3) is 4.75. The molecule has 5 nitrogen and oxygen atoms in total. The van der Waals surface area contributed by atoms with Crippen molar-refractivity contribution in [3.05, 3.63) is 47.7 Å². The summed E-state index contributed by atoms with van der Waals surface area (Å²) in [5.74, 6) is 1.21. The molecule has 0 aliphatic rings. The Bertz CT molecular complexity index is 805. The molecular weight excluding hydrogens is 326 g/mol. The molecule has 2 rings (SSSR count). The number of carbonyl (C=O) groups is 1. The smallest absolute Gasteiger partial charge is 0.249 e. The maximum absolute atomic E-state index is 12.4. The minimum absolute atomic E-state index is 0.0940. The van der Waals surface area contributed by atoms with Crippen LogP contribution in [0.15, 0.2) is 36.4 Å². The molecule has 1 aromatic carbocycles. The molecule has 0 aliphatic heterocycles.